The van der Waals surface area contributed by atoms with Crippen LogP contribution in [0.2, 0.25) is 0 Å². The minimum absolute atomic E-state index is 0.00482. The van der Waals surface area contributed by atoms with Gasteiger partial charge in [-0.2, -0.15) is 0 Å². The fourth-order valence-corrected chi connectivity index (χ4v) is 1.94. The number of nitrogens with one attached hydrogen (secondary N) is 1. The van der Waals surface area contributed by atoms with Crippen molar-refractivity contribution in [3.8, 4) is 0 Å². The molecule has 1 aromatic carbocycles. The molecule has 4 heteroatoms. The molecule has 2 unspecified atom stereocenters. The Morgan fingerprint density at radius 3 is 2.40 bits per heavy atom. The fraction of sp³-hybridized carbons (Fsp3) is 0.500. The summed E-state index contributed by atoms with van der Waals surface area (Å²) in [7, 11) is 0. The van der Waals surface area contributed by atoms with Crippen molar-refractivity contribution in [3.05, 3.63) is 35.9 Å². The molecule has 4 nitrogen and oxygen atoms in total. The van der Waals surface area contributed by atoms with Gasteiger partial charge in [0.05, 0.1) is 12.6 Å². The van der Waals surface area contributed by atoms with Crippen LogP contribution in [0, 0.1) is 5.92 Å². The first-order valence-electron chi connectivity index (χ1n) is 7.03. The van der Waals surface area contributed by atoms with E-state index in [4.69, 9.17) is 4.74 Å². The number of hydrogen-bond donors (Lipinski definition) is 1. The van der Waals surface area contributed by atoms with Gasteiger partial charge in [-0.25, -0.2) is 4.79 Å². The average Bonchev–Trinajstić information content (AvgIpc) is 2.44. The molecule has 0 bridgehead atoms. The lowest BCUT2D eigenvalue weighted by atomic mass is 9.95. The average molecular weight is 277 g/mol. The van der Waals surface area contributed by atoms with Gasteiger partial charge in [0.1, 0.15) is 5.78 Å². The van der Waals surface area contributed by atoms with Crippen LogP contribution in [0.1, 0.15) is 45.2 Å². The number of alkyl carbamates (subject to hydrolysis) is 1. The molecule has 20 heavy (non-hydrogen) atoms. The summed E-state index contributed by atoms with van der Waals surface area (Å²) in [6.45, 7) is 5.63. The van der Waals surface area contributed by atoms with Crippen LogP contribution in [0.5, 0.6) is 0 Å². The minimum Gasteiger partial charge on any atom is -0.450 e. The number of Topliss-reactive ketones (excluding diaryl/α,β-unsaturated/α-hetero) is 1. The van der Waals surface area contributed by atoms with Crippen LogP contribution < -0.4 is 5.32 Å². The molecule has 1 aromatic rings. The number of benzene rings is 1. The zero-order chi connectivity index (χ0) is 15.0. The second-order valence-electron chi connectivity index (χ2n) is 4.92. The van der Waals surface area contributed by atoms with E-state index in [9.17, 15) is 9.59 Å². The van der Waals surface area contributed by atoms with Crippen molar-refractivity contribution < 1.29 is 14.3 Å². The Bertz CT molecular complexity index is 431. The zero-order valence-electron chi connectivity index (χ0n) is 12.4. The summed E-state index contributed by atoms with van der Waals surface area (Å²) in [6.07, 6.45) is 1.03. The second kappa shape index (κ2) is 8.35. The molecule has 0 spiro atoms. The van der Waals surface area contributed by atoms with Gasteiger partial charge in [-0.15, -0.1) is 0 Å². The molecule has 0 fully saturated rings. The molecular weight excluding hydrogens is 254 g/mol. The van der Waals surface area contributed by atoms with Crippen molar-refractivity contribution in [2.45, 2.75) is 39.7 Å². The molecule has 0 aliphatic rings. The van der Waals surface area contributed by atoms with Crippen LogP contribution in [0.15, 0.2) is 30.3 Å². The summed E-state index contributed by atoms with van der Waals surface area (Å²) in [4.78, 5) is 22.9. The lowest BCUT2D eigenvalue weighted by Crippen LogP contribution is -2.29. The van der Waals surface area contributed by atoms with E-state index in [0.717, 1.165) is 12.0 Å². The summed E-state index contributed by atoms with van der Waals surface area (Å²) < 4.78 is 4.93. The summed E-state index contributed by atoms with van der Waals surface area (Å²) in [5.41, 5.74) is 1.02. The second-order valence-corrected chi connectivity index (χ2v) is 4.92. The molecular formula is C16H23NO3. The number of carbonyl (C=O) groups is 2. The highest BCUT2D eigenvalue weighted by molar-refractivity contribution is 5.77. The standard InChI is InChI=1S/C16H23NO3/c1-4-20-16(19)17-15(11-10-12(2)13(3)18)14-8-6-5-7-9-14/h5-9,12,15H,4,10-11H2,1-3H3,(H,17,19). The summed E-state index contributed by atoms with van der Waals surface area (Å²) in [5.74, 6) is 0.179. The van der Waals surface area contributed by atoms with Crippen molar-refractivity contribution >= 4 is 11.9 Å². The van der Waals surface area contributed by atoms with Crippen molar-refractivity contribution in [2.75, 3.05) is 6.61 Å². The number of rotatable bonds is 7. The fourth-order valence-electron chi connectivity index (χ4n) is 1.94. The highest BCUT2D eigenvalue weighted by Crippen LogP contribution is 2.21. The SMILES string of the molecule is CCOC(=O)NC(CCC(C)C(C)=O)c1ccccc1. The number of amides is 1. The van der Waals surface area contributed by atoms with Gasteiger partial charge in [0.15, 0.2) is 0 Å². The minimum atomic E-state index is -0.420. The first kappa shape index (κ1) is 16.2. The Morgan fingerprint density at radius 1 is 1.20 bits per heavy atom. The lowest BCUT2D eigenvalue weighted by Gasteiger charge is -2.20. The number of carbonyl (C=O) groups excluding carboxylic acids is 2. The molecule has 1 rings (SSSR count). The largest absolute Gasteiger partial charge is 0.450 e. The van der Waals surface area contributed by atoms with Gasteiger partial charge in [0.2, 0.25) is 0 Å². The third-order valence-corrected chi connectivity index (χ3v) is 3.35. The maximum Gasteiger partial charge on any atom is 0.407 e. The first-order chi connectivity index (χ1) is 9.54. The van der Waals surface area contributed by atoms with Crippen molar-refractivity contribution in [2.24, 2.45) is 5.92 Å². The normalized spacial score (nSPS) is 13.3. The van der Waals surface area contributed by atoms with Gasteiger partial charge in [-0.3, -0.25) is 4.79 Å². The van der Waals surface area contributed by atoms with Gasteiger partial charge >= 0.3 is 6.09 Å². The smallest absolute Gasteiger partial charge is 0.407 e. The molecule has 0 saturated heterocycles. The van der Waals surface area contributed by atoms with Crippen LogP contribution >= 0.6 is 0 Å². The third-order valence-electron chi connectivity index (χ3n) is 3.35. The molecule has 0 aliphatic carbocycles. The van der Waals surface area contributed by atoms with E-state index in [0.29, 0.717) is 13.0 Å². The Balaban J connectivity index is 2.69. The van der Waals surface area contributed by atoms with Crippen LogP contribution in [0.25, 0.3) is 0 Å². The monoisotopic (exact) mass is 277 g/mol. The summed E-state index contributed by atoms with van der Waals surface area (Å²) in [5, 5.41) is 2.86. The van der Waals surface area contributed by atoms with Crippen LogP contribution in [-0.2, 0) is 9.53 Å². The number of hydrogen-bond acceptors (Lipinski definition) is 3. The lowest BCUT2D eigenvalue weighted by molar-refractivity contribution is -0.120. The molecule has 1 N–H and O–H groups in total. The third kappa shape index (κ3) is 5.43. The number of ether oxygens (including phenoxy) is 1. The van der Waals surface area contributed by atoms with E-state index >= 15 is 0 Å². The molecule has 0 radical (unpaired) electrons. The maximum absolute atomic E-state index is 11.6. The summed E-state index contributed by atoms with van der Waals surface area (Å²) in [6, 6.07) is 9.61. The van der Waals surface area contributed by atoms with Crippen molar-refractivity contribution in [1.29, 1.82) is 0 Å². The molecule has 0 heterocycles. The molecule has 0 aromatic heterocycles. The molecule has 1 amide bonds. The summed E-state index contributed by atoms with van der Waals surface area (Å²) >= 11 is 0. The predicted octanol–water partition coefficient (Wildman–Crippen LogP) is 3.48. The van der Waals surface area contributed by atoms with Gasteiger partial charge in [0.25, 0.3) is 0 Å². The molecule has 0 aliphatic heterocycles. The van der Waals surface area contributed by atoms with E-state index in [2.05, 4.69) is 5.32 Å². The van der Waals surface area contributed by atoms with Gasteiger partial charge in [-0.05, 0) is 32.3 Å². The first-order valence-corrected chi connectivity index (χ1v) is 7.03. The predicted molar refractivity (Wildman–Crippen MR) is 78.4 cm³/mol. The van der Waals surface area contributed by atoms with E-state index in [1.54, 1.807) is 13.8 Å². The van der Waals surface area contributed by atoms with Gasteiger partial charge in [-0.1, -0.05) is 37.3 Å². The van der Waals surface area contributed by atoms with Gasteiger partial charge < -0.3 is 10.1 Å². The van der Waals surface area contributed by atoms with Gasteiger partial charge in [0, 0.05) is 5.92 Å². The topological polar surface area (TPSA) is 55.4 Å². The van der Waals surface area contributed by atoms with Crippen LogP contribution in [0.3, 0.4) is 0 Å². The van der Waals surface area contributed by atoms with Crippen LogP contribution in [0.4, 0.5) is 4.79 Å². The highest BCUT2D eigenvalue weighted by atomic mass is 16.5. The van der Waals surface area contributed by atoms with E-state index < -0.39 is 6.09 Å². The Morgan fingerprint density at radius 2 is 1.85 bits per heavy atom. The van der Waals surface area contributed by atoms with Crippen LogP contribution in [-0.4, -0.2) is 18.5 Å². The zero-order valence-corrected chi connectivity index (χ0v) is 12.4. The molecule has 0 saturated carbocycles. The van der Waals surface area contributed by atoms with E-state index in [-0.39, 0.29) is 17.7 Å². The van der Waals surface area contributed by atoms with E-state index in [1.165, 1.54) is 0 Å². The van der Waals surface area contributed by atoms with Crippen molar-refractivity contribution in [3.63, 3.8) is 0 Å². The highest BCUT2D eigenvalue weighted by Gasteiger charge is 2.17. The number of ketones is 1. The van der Waals surface area contributed by atoms with E-state index in [1.807, 2.05) is 37.3 Å². The molecule has 110 valence electrons. The molecule has 2 atom stereocenters. The Labute approximate surface area is 120 Å². The quantitative estimate of drug-likeness (QED) is 0.830. The van der Waals surface area contributed by atoms with Crippen molar-refractivity contribution in [1.82, 2.24) is 5.32 Å². The maximum atomic E-state index is 11.6. The Hall–Kier alpha value is -1.84. The Kier molecular flexibility index (Phi) is 6.77.